The summed E-state index contributed by atoms with van der Waals surface area (Å²) in [6.45, 7) is 4.64. The van der Waals surface area contributed by atoms with E-state index >= 15 is 0 Å². The fourth-order valence-corrected chi connectivity index (χ4v) is 2.41. The number of nitrogens with zero attached hydrogens (tertiary/aromatic N) is 3. The fourth-order valence-electron chi connectivity index (χ4n) is 2.14. The molecule has 0 radical (unpaired) electrons. The minimum atomic E-state index is 0.635. The molecule has 0 aliphatic carbocycles. The van der Waals surface area contributed by atoms with Gasteiger partial charge in [-0.3, -0.25) is 9.55 Å². The van der Waals surface area contributed by atoms with E-state index < -0.39 is 0 Å². The minimum Gasteiger partial charge on any atom is -0.329 e. The lowest BCUT2D eigenvalue weighted by molar-refractivity contribution is 0.773. The van der Waals surface area contributed by atoms with Crippen LogP contribution in [0.25, 0.3) is 11.2 Å². The Bertz CT molecular complexity index is 801. The van der Waals surface area contributed by atoms with Gasteiger partial charge in [-0.15, -0.1) is 0 Å². The summed E-state index contributed by atoms with van der Waals surface area (Å²) in [5.41, 5.74) is 4.95. The summed E-state index contributed by atoms with van der Waals surface area (Å²) >= 11 is 5.37. The zero-order valence-electron chi connectivity index (χ0n) is 10.8. The van der Waals surface area contributed by atoms with Crippen molar-refractivity contribution in [2.24, 2.45) is 0 Å². The number of hydrogen-bond donors (Lipinski definition) is 1. The maximum absolute atomic E-state index is 5.37. The third kappa shape index (κ3) is 2.29. The molecule has 0 amide bonds. The van der Waals surface area contributed by atoms with E-state index in [-0.39, 0.29) is 0 Å². The van der Waals surface area contributed by atoms with Gasteiger partial charge in [-0.1, -0.05) is 6.07 Å². The molecule has 1 N–H and O–H groups in total. The highest BCUT2D eigenvalue weighted by Crippen LogP contribution is 2.14. The molecule has 3 aromatic heterocycles. The number of aromatic amines is 1. The molecule has 5 heteroatoms. The molecule has 0 spiro atoms. The SMILES string of the molecule is Cc1cnc2c(c1)[nH]c(=S)n2Cc1cccc(C)n1. The highest BCUT2D eigenvalue weighted by atomic mass is 32.1. The standard InChI is InChI=1S/C14H14N4S/c1-9-6-12-13(15-7-9)18(14(19)17-12)8-11-5-3-4-10(2)16-11/h3-7H,8H2,1-2H3,(H,17,19). The normalized spacial score (nSPS) is 11.1. The van der Waals surface area contributed by atoms with Gasteiger partial charge < -0.3 is 4.98 Å². The van der Waals surface area contributed by atoms with Crippen molar-refractivity contribution in [3.05, 3.63) is 52.2 Å². The number of imidazole rings is 1. The Kier molecular flexibility index (Phi) is 2.91. The maximum Gasteiger partial charge on any atom is 0.179 e. The molecule has 0 unspecified atom stereocenters. The lowest BCUT2D eigenvalue weighted by Gasteiger charge is -2.04. The Hall–Kier alpha value is -2.01. The number of aromatic nitrogens is 4. The summed E-state index contributed by atoms with van der Waals surface area (Å²) in [5.74, 6) is 0. The van der Waals surface area contributed by atoms with Crippen LogP contribution in [0, 0.1) is 18.6 Å². The molecule has 3 rings (SSSR count). The monoisotopic (exact) mass is 270 g/mol. The maximum atomic E-state index is 5.37. The number of nitrogens with one attached hydrogen (secondary N) is 1. The predicted molar refractivity (Wildman–Crippen MR) is 77.7 cm³/mol. The van der Waals surface area contributed by atoms with Gasteiger partial charge in [0, 0.05) is 11.9 Å². The van der Waals surface area contributed by atoms with Crippen LogP contribution in [-0.4, -0.2) is 19.5 Å². The molecule has 3 heterocycles. The fraction of sp³-hybridized carbons (Fsp3) is 0.214. The lowest BCUT2D eigenvalue weighted by atomic mass is 10.3. The van der Waals surface area contributed by atoms with Crippen molar-refractivity contribution >= 4 is 23.4 Å². The topological polar surface area (TPSA) is 46.5 Å². The minimum absolute atomic E-state index is 0.635. The molecule has 0 saturated carbocycles. The van der Waals surface area contributed by atoms with Crippen molar-refractivity contribution in [3.8, 4) is 0 Å². The van der Waals surface area contributed by atoms with E-state index in [1.54, 1.807) is 0 Å². The zero-order valence-corrected chi connectivity index (χ0v) is 11.7. The number of pyridine rings is 2. The number of H-pyrrole nitrogens is 1. The van der Waals surface area contributed by atoms with E-state index in [2.05, 4.69) is 21.0 Å². The van der Waals surface area contributed by atoms with Crippen LogP contribution in [0.2, 0.25) is 0 Å². The Morgan fingerprint density at radius 2 is 2.16 bits per heavy atom. The average molecular weight is 270 g/mol. The van der Waals surface area contributed by atoms with Crippen LogP contribution < -0.4 is 0 Å². The number of rotatable bonds is 2. The van der Waals surface area contributed by atoms with Gasteiger partial charge in [0.2, 0.25) is 0 Å². The van der Waals surface area contributed by atoms with Crippen LogP contribution in [0.1, 0.15) is 17.0 Å². The second kappa shape index (κ2) is 4.59. The van der Waals surface area contributed by atoms with Gasteiger partial charge in [0.05, 0.1) is 17.8 Å². The molecule has 0 aliphatic heterocycles. The first-order valence-electron chi connectivity index (χ1n) is 6.11. The highest BCUT2D eigenvalue weighted by molar-refractivity contribution is 7.71. The van der Waals surface area contributed by atoms with Crippen molar-refractivity contribution in [1.29, 1.82) is 0 Å². The number of hydrogen-bond acceptors (Lipinski definition) is 3. The van der Waals surface area contributed by atoms with Crippen molar-refractivity contribution in [2.45, 2.75) is 20.4 Å². The second-order valence-electron chi connectivity index (χ2n) is 4.67. The van der Waals surface area contributed by atoms with Crippen molar-refractivity contribution < 1.29 is 0 Å². The molecular formula is C14H14N4S. The second-order valence-corrected chi connectivity index (χ2v) is 5.06. The quantitative estimate of drug-likeness (QED) is 0.728. The van der Waals surface area contributed by atoms with E-state index in [4.69, 9.17) is 12.2 Å². The first kappa shape index (κ1) is 12.0. The van der Waals surface area contributed by atoms with Crippen LogP contribution >= 0.6 is 12.2 Å². The predicted octanol–water partition coefficient (Wildman–Crippen LogP) is 3.15. The van der Waals surface area contributed by atoms with Gasteiger partial charge in [0.1, 0.15) is 0 Å². The summed E-state index contributed by atoms with van der Waals surface area (Å²) in [6.07, 6.45) is 1.85. The molecule has 0 bridgehead atoms. The van der Waals surface area contributed by atoms with Gasteiger partial charge >= 0.3 is 0 Å². The highest BCUT2D eigenvalue weighted by Gasteiger charge is 2.07. The van der Waals surface area contributed by atoms with E-state index in [9.17, 15) is 0 Å². The molecular weight excluding hydrogens is 256 g/mol. The molecule has 0 atom stereocenters. The van der Waals surface area contributed by atoms with Crippen LogP contribution in [0.15, 0.2) is 30.5 Å². The van der Waals surface area contributed by atoms with E-state index in [0.29, 0.717) is 11.3 Å². The number of aryl methyl sites for hydroxylation is 2. The smallest absolute Gasteiger partial charge is 0.179 e. The van der Waals surface area contributed by atoms with Crippen molar-refractivity contribution in [2.75, 3.05) is 0 Å². The Morgan fingerprint density at radius 1 is 1.32 bits per heavy atom. The van der Waals surface area contributed by atoms with Gasteiger partial charge in [-0.2, -0.15) is 0 Å². The molecule has 0 aromatic carbocycles. The van der Waals surface area contributed by atoms with Crippen LogP contribution in [0.5, 0.6) is 0 Å². The molecule has 4 nitrogen and oxygen atoms in total. The molecule has 0 saturated heterocycles. The largest absolute Gasteiger partial charge is 0.329 e. The summed E-state index contributed by atoms with van der Waals surface area (Å²) in [5, 5.41) is 0. The van der Waals surface area contributed by atoms with Gasteiger partial charge in [-0.25, -0.2) is 4.98 Å². The third-order valence-corrected chi connectivity index (χ3v) is 3.33. The summed E-state index contributed by atoms with van der Waals surface area (Å²) in [7, 11) is 0. The van der Waals surface area contributed by atoms with Crippen molar-refractivity contribution in [3.63, 3.8) is 0 Å². The summed E-state index contributed by atoms with van der Waals surface area (Å²) in [6, 6.07) is 8.05. The first-order chi connectivity index (χ1) is 9.13. The molecule has 0 aliphatic rings. The van der Waals surface area contributed by atoms with E-state index in [1.807, 2.05) is 42.8 Å². The van der Waals surface area contributed by atoms with Gasteiger partial charge in [0.15, 0.2) is 10.4 Å². The number of fused-ring (bicyclic) bond motifs is 1. The van der Waals surface area contributed by atoms with Crippen LogP contribution in [0.4, 0.5) is 0 Å². The van der Waals surface area contributed by atoms with Crippen LogP contribution in [-0.2, 0) is 6.54 Å². The Morgan fingerprint density at radius 3 is 2.95 bits per heavy atom. The van der Waals surface area contributed by atoms with Crippen LogP contribution in [0.3, 0.4) is 0 Å². The first-order valence-corrected chi connectivity index (χ1v) is 6.52. The van der Waals surface area contributed by atoms with Crippen molar-refractivity contribution in [1.82, 2.24) is 19.5 Å². The van der Waals surface area contributed by atoms with Gasteiger partial charge in [0.25, 0.3) is 0 Å². The lowest BCUT2D eigenvalue weighted by Crippen LogP contribution is -2.03. The summed E-state index contributed by atoms with van der Waals surface area (Å²) in [4.78, 5) is 12.2. The van der Waals surface area contributed by atoms with Gasteiger partial charge in [-0.05, 0) is 49.8 Å². The molecule has 19 heavy (non-hydrogen) atoms. The third-order valence-electron chi connectivity index (χ3n) is 3.01. The molecule has 0 fully saturated rings. The average Bonchev–Trinajstić information content (AvgIpc) is 2.65. The van der Waals surface area contributed by atoms with E-state index in [1.165, 1.54) is 0 Å². The Labute approximate surface area is 116 Å². The molecule has 96 valence electrons. The van der Waals surface area contributed by atoms with E-state index in [0.717, 1.165) is 28.1 Å². The Balaban J connectivity index is 2.10. The molecule has 3 aromatic rings. The zero-order chi connectivity index (χ0) is 13.4. The summed E-state index contributed by atoms with van der Waals surface area (Å²) < 4.78 is 2.66.